The summed E-state index contributed by atoms with van der Waals surface area (Å²) in [5.74, 6) is -0.986. The van der Waals surface area contributed by atoms with Crippen molar-refractivity contribution in [1.29, 1.82) is 5.26 Å². The van der Waals surface area contributed by atoms with Gasteiger partial charge in [-0.05, 0) is 48.9 Å². The number of nitrogens with one attached hydrogen (secondary N) is 1. The maximum atomic E-state index is 12.6. The van der Waals surface area contributed by atoms with E-state index < -0.39 is 30.9 Å². The number of halogens is 1. The summed E-state index contributed by atoms with van der Waals surface area (Å²) >= 11 is 6.04. The molecule has 0 aliphatic heterocycles. The van der Waals surface area contributed by atoms with Crippen molar-refractivity contribution in [2.24, 2.45) is 0 Å². The number of hydrogen-bond donors (Lipinski definition) is 1. The minimum absolute atomic E-state index is 0.0999. The van der Waals surface area contributed by atoms with Crippen molar-refractivity contribution in [3.05, 3.63) is 52.5 Å². The van der Waals surface area contributed by atoms with Crippen molar-refractivity contribution in [3.8, 4) is 17.6 Å². The van der Waals surface area contributed by atoms with Gasteiger partial charge in [-0.25, -0.2) is 0 Å². The first kappa shape index (κ1) is 25.5. The van der Waals surface area contributed by atoms with E-state index in [-0.39, 0.29) is 18.5 Å². The molecule has 0 aliphatic rings. The number of nitriles is 1. The van der Waals surface area contributed by atoms with Crippen LogP contribution in [-0.2, 0) is 14.3 Å². The molecule has 2 aromatic rings. The zero-order chi connectivity index (χ0) is 24.4. The maximum absolute atomic E-state index is 12.6. The largest absolute Gasteiger partial charge is 0.493 e. The third-order valence-corrected chi connectivity index (χ3v) is 5.02. The molecule has 2 aromatic carbocycles. The number of carbonyl (C=O) groups excluding carboxylic acids is 3. The molecule has 0 atom stereocenters. The number of esters is 1. The molecule has 0 radical (unpaired) electrons. The van der Waals surface area contributed by atoms with Gasteiger partial charge in [0, 0.05) is 22.8 Å². The molecule has 2 rings (SSSR count). The predicted molar refractivity (Wildman–Crippen MR) is 122 cm³/mol. The molecule has 0 saturated heterocycles. The van der Waals surface area contributed by atoms with Gasteiger partial charge >= 0.3 is 5.97 Å². The van der Waals surface area contributed by atoms with E-state index in [2.05, 4.69) is 5.32 Å². The molecular weight excluding hydrogens is 450 g/mol. The second kappa shape index (κ2) is 12.3. The quantitative estimate of drug-likeness (QED) is 0.527. The van der Waals surface area contributed by atoms with Gasteiger partial charge in [-0.15, -0.1) is 0 Å². The van der Waals surface area contributed by atoms with Crippen molar-refractivity contribution in [3.63, 3.8) is 0 Å². The van der Waals surface area contributed by atoms with Crippen LogP contribution in [-0.4, -0.2) is 51.7 Å². The lowest BCUT2D eigenvalue weighted by atomic mass is 10.2. The number of anilines is 1. The molecule has 0 spiro atoms. The number of benzene rings is 2. The minimum atomic E-state index is -0.787. The fraction of sp³-hybridized carbons (Fsp3) is 0.304. The van der Waals surface area contributed by atoms with Crippen LogP contribution in [0.25, 0.3) is 0 Å². The molecule has 0 aromatic heterocycles. The second-order valence-electron chi connectivity index (χ2n) is 6.80. The highest BCUT2D eigenvalue weighted by atomic mass is 35.5. The number of aryl methyl sites for hydroxylation is 1. The molecule has 33 heavy (non-hydrogen) atoms. The molecule has 174 valence electrons. The number of rotatable bonds is 10. The molecule has 0 saturated carbocycles. The minimum Gasteiger partial charge on any atom is -0.493 e. The first-order valence-electron chi connectivity index (χ1n) is 9.90. The lowest BCUT2D eigenvalue weighted by Gasteiger charge is -2.22. The number of amides is 2. The molecule has 1 N–H and O–H groups in total. The van der Waals surface area contributed by atoms with E-state index in [1.54, 1.807) is 31.2 Å². The van der Waals surface area contributed by atoms with Crippen LogP contribution in [0.3, 0.4) is 0 Å². The standard InChI is InChI=1S/C23H24ClN3O6/c1-15-11-17(6-7-18(15)24)27(10-4-9-25)21(28)14-33-22(29)13-26-23(30)16-5-8-19(31-2)20(12-16)32-3/h5-8,11-12H,4,10,13-14H2,1-3H3,(H,26,30). The van der Waals surface area contributed by atoms with E-state index in [9.17, 15) is 14.4 Å². The van der Waals surface area contributed by atoms with Gasteiger partial charge in [0.1, 0.15) is 6.54 Å². The number of methoxy groups -OCH3 is 2. The van der Waals surface area contributed by atoms with Gasteiger partial charge in [0.2, 0.25) is 0 Å². The van der Waals surface area contributed by atoms with Gasteiger partial charge in [-0.1, -0.05) is 11.6 Å². The Bertz CT molecular complexity index is 1070. The van der Waals surface area contributed by atoms with Crippen LogP contribution in [0.2, 0.25) is 5.02 Å². The lowest BCUT2D eigenvalue weighted by molar-refractivity contribution is -0.146. The summed E-state index contributed by atoms with van der Waals surface area (Å²) in [7, 11) is 2.92. The van der Waals surface area contributed by atoms with Gasteiger partial charge < -0.3 is 24.4 Å². The average molecular weight is 474 g/mol. The Kier molecular flexibility index (Phi) is 9.51. The van der Waals surface area contributed by atoms with E-state index >= 15 is 0 Å². The monoisotopic (exact) mass is 473 g/mol. The van der Waals surface area contributed by atoms with Crippen LogP contribution < -0.4 is 19.7 Å². The molecular formula is C23H24ClN3O6. The Hall–Kier alpha value is -3.77. The summed E-state index contributed by atoms with van der Waals surface area (Å²) in [6.45, 7) is 0.945. The van der Waals surface area contributed by atoms with Gasteiger partial charge in [0.05, 0.1) is 26.7 Å². The molecule has 9 nitrogen and oxygen atoms in total. The topological polar surface area (TPSA) is 118 Å². The number of carbonyl (C=O) groups is 3. The van der Waals surface area contributed by atoms with Gasteiger partial charge in [-0.3, -0.25) is 14.4 Å². The van der Waals surface area contributed by atoms with Crippen LogP contribution in [0.1, 0.15) is 22.3 Å². The molecule has 0 fully saturated rings. The first-order chi connectivity index (χ1) is 15.8. The molecule has 10 heteroatoms. The van der Waals surface area contributed by atoms with Crippen molar-refractivity contribution in [2.45, 2.75) is 13.3 Å². The lowest BCUT2D eigenvalue weighted by Crippen LogP contribution is -2.37. The van der Waals surface area contributed by atoms with Crippen LogP contribution in [0.5, 0.6) is 11.5 Å². The Morgan fingerprint density at radius 2 is 1.82 bits per heavy atom. The number of ether oxygens (including phenoxy) is 3. The highest BCUT2D eigenvalue weighted by Crippen LogP contribution is 2.27. The molecule has 0 aliphatic carbocycles. The summed E-state index contributed by atoms with van der Waals surface area (Å²) in [5, 5.41) is 11.9. The van der Waals surface area contributed by atoms with Crippen molar-refractivity contribution in [2.75, 3.05) is 38.8 Å². The smallest absolute Gasteiger partial charge is 0.325 e. The van der Waals surface area contributed by atoms with E-state index in [1.807, 2.05) is 6.07 Å². The Morgan fingerprint density at radius 3 is 2.45 bits per heavy atom. The summed E-state index contributed by atoms with van der Waals surface area (Å²) in [6.07, 6.45) is 0.0999. The van der Waals surface area contributed by atoms with E-state index in [1.165, 1.54) is 31.3 Å². The van der Waals surface area contributed by atoms with Crippen LogP contribution >= 0.6 is 11.6 Å². The van der Waals surface area contributed by atoms with Crippen LogP contribution in [0.4, 0.5) is 5.69 Å². The number of nitrogens with zero attached hydrogens (tertiary/aromatic N) is 2. The fourth-order valence-corrected chi connectivity index (χ4v) is 2.98. The maximum Gasteiger partial charge on any atom is 0.325 e. The van der Waals surface area contributed by atoms with E-state index in [4.69, 9.17) is 31.1 Å². The van der Waals surface area contributed by atoms with E-state index in [0.717, 1.165) is 5.56 Å². The highest BCUT2D eigenvalue weighted by molar-refractivity contribution is 6.31. The zero-order valence-corrected chi connectivity index (χ0v) is 19.3. The van der Waals surface area contributed by atoms with Crippen molar-refractivity contribution < 1.29 is 28.6 Å². The number of hydrogen-bond acceptors (Lipinski definition) is 7. The van der Waals surface area contributed by atoms with Crippen LogP contribution in [0.15, 0.2) is 36.4 Å². The molecule has 0 unspecified atom stereocenters. The second-order valence-corrected chi connectivity index (χ2v) is 7.21. The fourth-order valence-electron chi connectivity index (χ4n) is 2.86. The van der Waals surface area contributed by atoms with Crippen molar-refractivity contribution in [1.82, 2.24) is 5.32 Å². The summed E-state index contributed by atoms with van der Waals surface area (Å²) in [6, 6.07) is 11.6. The van der Waals surface area contributed by atoms with Gasteiger partial charge in [-0.2, -0.15) is 5.26 Å². The first-order valence-corrected chi connectivity index (χ1v) is 10.3. The van der Waals surface area contributed by atoms with E-state index in [0.29, 0.717) is 22.2 Å². The Labute approximate surface area is 196 Å². The van der Waals surface area contributed by atoms with Gasteiger partial charge in [0.15, 0.2) is 18.1 Å². The van der Waals surface area contributed by atoms with Gasteiger partial charge in [0.25, 0.3) is 11.8 Å². The third-order valence-electron chi connectivity index (χ3n) is 4.60. The predicted octanol–water partition coefficient (Wildman–Crippen LogP) is 2.89. The third kappa shape index (κ3) is 7.12. The summed E-state index contributed by atoms with van der Waals surface area (Å²) in [5.41, 5.74) is 1.56. The Balaban J connectivity index is 1.93. The molecule has 0 bridgehead atoms. The zero-order valence-electron chi connectivity index (χ0n) is 18.5. The normalized spacial score (nSPS) is 10.0. The Morgan fingerprint density at radius 1 is 1.09 bits per heavy atom. The average Bonchev–Trinajstić information content (AvgIpc) is 2.82. The van der Waals surface area contributed by atoms with Crippen LogP contribution in [0, 0.1) is 18.3 Å². The molecule has 2 amide bonds. The SMILES string of the molecule is COc1ccc(C(=O)NCC(=O)OCC(=O)N(CCC#N)c2ccc(Cl)c(C)c2)cc1OC. The summed E-state index contributed by atoms with van der Waals surface area (Å²) in [4.78, 5) is 38.3. The molecule has 0 heterocycles. The highest BCUT2D eigenvalue weighted by Gasteiger charge is 2.19. The summed E-state index contributed by atoms with van der Waals surface area (Å²) < 4.78 is 15.3. The van der Waals surface area contributed by atoms with Crippen molar-refractivity contribution >= 4 is 35.1 Å².